The van der Waals surface area contributed by atoms with Crippen LogP contribution in [0.4, 0.5) is 10.3 Å². The van der Waals surface area contributed by atoms with Crippen LogP contribution in [0.1, 0.15) is 56.2 Å². The van der Waals surface area contributed by atoms with Gasteiger partial charge in [-0.15, -0.1) is 11.3 Å². The molecule has 248 valence electrons. The number of rotatable bonds is 8. The molecule has 48 heavy (non-hydrogen) atoms. The quantitative estimate of drug-likeness (QED) is 0.150. The topological polar surface area (TPSA) is 182 Å². The van der Waals surface area contributed by atoms with Gasteiger partial charge in [-0.1, -0.05) is 84.8 Å². The third kappa shape index (κ3) is 8.90. The lowest BCUT2D eigenvalue weighted by atomic mass is 9.81. The Morgan fingerprint density at radius 3 is 1.73 bits per heavy atom. The molecule has 0 saturated heterocycles. The van der Waals surface area contributed by atoms with E-state index in [2.05, 4.69) is 26.7 Å². The number of aromatic nitrogens is 2. The number of hydrogen-bond donors (Lipinski definition) is 4. The molecule has 2 heterocycles. The molecule has 11 nitrogen and oxygen atoms in total. The number of nitrogens with one attached hydrogen (secondary N) is 2. The number of carboxylic acids is 2. The SMILES string of the molecule is N#Cc1sc(NC(=O)C2CCC[C@@H](C(=O)O)C2)nc1-c1ccccc1.O=C(Nc1nc(-c2ccccc2)cs1)C1CCC[C@@H](C(=O)O)C1. The summed E-state index contributed by atoms with van der Waals surface area (Å²) in [5.41, 5.74) is 3.21. The molecule has 0 radical (unpaired) electrons. The van der Waals surface area contributed by atoms with Gasteiger partial charge in [-0.3, -0.25) is 19.2 Å². The molecule has 2 saturated carbocycles. The molecule has 2 aliphatic rings. The largest absolute Gasteiger partial charge is 0.481 e. The molecule has 6 rings (SSSR count). The fourth-order valence-corrected chi connectivity index (χ4v) is 7.54. The van der Waals surface area contributed by atoms with E-state index in [-0.39, 0.29) is 23.7 Å². The highest BCUT2D eigenvalue weighted by atomic mass is 32.1. The van der Waals surface area contributed by atoms with E-state index in [9.17, 15) is 24.4 Å². The minimum atomic E-state index is -0.843. The van der Waals surface area contributed by atoms with E-state index in [0.717, 1.165) is 47.4 Å². The van der Waals surface area contributed by atoms with Crippen molar-refractivity contribution in [2.24, 2.45) is 23.7 Å². The highest BCUT2D eigenvalue weighted by Crippen LogP contribution is 2.34. The van der Waals surface area contributed by atoms with Gasteiger partial charge in [0.2, 0.25) is 11.8 Å². The number of anilines is 2. The zero-order valence-corrected chi connectivity index (χ0v) is 27.6. The first-order valence-electron chi connectivity index (χ1n) is 15.8. The number of hydrogen-bond acceptors (Lipinski definition) is 9. The molecule has 2 unspecified atom stereocenters. The van der Waals surface area contributed by atoms with E-state index < -0.39 is 23.8 Å². The molecule has 4 N–H and O–H groups in total. The summed E-state index contributed by atoms with van der Waals surface area (Å²) in [6, 6.07) is 21.2. The Kier molecular flexibility index (Phi) is 11.7. The molecule has 2 fully saturated rings. The summed E-state index contributed by atoms with van der Waals surface area (Å²) in [5, 5.41) is 36.0. The zero-order valence-electron chi connectivity index (χ0n) is 26.0. The van der Waals surface area contributed by atoms with E-state index in [4.69, 9.17) is 10.2 Å². The fraction of sp³-hybridized carbons (Fsp3) is 0.343. The summed E-state index contributed by atoms with van der Waals surface area (Å²) in [4.78, 5) is 56.3. The van der Waals surface area contributed by atoms with Gasteiger partial charge >= 0.3 is 11.9 Å². The molecule has 2 aromatic heterocycles. The number of amides is 2. The van der Waals surface area contributed by atoms with E-state index >= 15 is 0 Å². The summed E-state index contributed by atoms with van der Waals surface area (Å²) < 4.78 is 0. The average Bonchev–Trinajstić information content (AvgIpc) is 3.76. The van der Waals surface area contributed by atoms with Crippen LogP contribution < -0.4 is 10.6 Å². The normalized spacial score (nSPS) is 20.3. The van der Waals surface area contributed by atoms with Crippen LogP contribution in [-0.4, -0.2) is 43.9 Å². The third-order valence-corrected chi connectivity index (χ3v) is 10.2. The van der Waals surface area contributed by atoms with Crippen molar-refractivity contribution in [3.8, 4) is 28.6 Å². The predicted octanol–water partition coefficient (Wildman–Crippen LogP) is 7.15. The van der Waals surface area contributed by atoms with Crippen LogP contribution in [-0.2, 0) is 19.2 Å². The number of carboxylic acid groups (broad SMARTS) is 2. The van der Waals surface area contributed by atoms with E-state index in [1.54, 1.807) is 0 Å². The summed E-state index contributed by atoms with van der Waals surface area (Å²) in [5.74, 6) is -3.42. The van der Waals surface area contributed by atoms with E-state index in [0.29, 0.717) is 52.9 Å². The third-order valence-electron chi connectivity index (χ3n) is 8.60. The molecular formula is C35H35N5O6S2. The monoisotopic (exact) mass is 685 g/mol. The smallest absolute Gasteiger partial charge is 0.306 e. The highest BCUT2D eigenvalue weighted by Gasteiger charge is 2.32. The Morgan fingerprint density at radius 1 is 0.708 bits per heavy atom. The minimum absolute atomic E-state index is 0.120. The lowest BCUT2D eigenvalue weighted by Crippen LogP contribution is -2.30. The molecular weight excluding hydrogens is 651 g/mol. The zero-order chi connectivity index (χ0) is 34.0. The maximum atomic E-state index is 12.5. The number of benzene rings is 2. The van der Waals surface area contributed by atoms with Gasteiger partial charge in [-0.25, -0.2) is 9.97 Å². The van der Waals surface area contributed by atoms with Crippen LogP contribution in [0.15, 0.2) is 66.0 Å². The van der Waals surface area contributed by atoms with Crippen molar-refractivity contribution in [1.82, 2.24) is 9.97 Å². The highest BCUT2D eigenvalue weighted by molar-refractivity contribution is 7.16. The minimum Gasteiger partial charge on any atom is -0.481 e. The Morgan fingerprint density at radius 2 is 1.21 bits per heavy atom. The Balaban J connectivity index is 0.000000188. The predicted molar refractivity (Wildman–Crippen MR) is 183 cm³/mol. The summed E-state index contributed by atoms with van der Waals surface area (Å²) in [7, 11) is 0. The Bertz CT molecular complexity index is 1790. The first-order chi connectivity index (χ1) is 23.2. The Labute approximate surface area is 285 Å². The van der Waals surface area contributed by atoms with Crippen LogP contribution in [0, 0.1) is 35.0 Å². The maximum Gasteiger partial charge on any atom is 0.306 e. The van der Waals surface area contributed by atoms with Crippen LogP contribution in [0.5, 0.6) is 0 Å². The van der Waals surface area contributed by atoms with Crippen molar-refractivity contribution < 1.29 is 29.4 Å². The molecule has 2 amide bonds. The molecule has 0 aliphatic heterocycles. The van der Waals surface area contributed by atoms with E-state index in [1.807, 2.05) is 66.0 Å². The number of carbonyl (C=O) groups excluding carboxylic acids is 2. The van der Waals surface area contributed by atoms with Gasteiger partial charge in [0.15, 0.2) is 10.3 Å². The molecule has 2 aliphatic carbocycles. The molecule has 2 aromatic carbocycles. The summed E-state index contributed by atoms with van der Waals surface area (Å²) in [6.45, 7) is 0. The lowest BCUT2D eigenvalue weighted by Gasteiger charge is -2.25. The van der Waals surface area contributed by atoms with Crippen molar-refractivity contribution in [3.63, 3.8) is 0 Å². The standard InChI is InChI=1S/C18H17N3O3S.C17H18N2O3S/c19-10-14-15(11-5-2-1-3-6-11)20-18(25-14)21-16(22)12-7-4-8-13(9-12)17(23)24;20-15(12-7-4-8-13(9-12)16(21)22)19-17-18-14(10-23-17)11-5-2-1-3-6-11/h1-3,5-6,12-13H,4,7-9H2,(H,23,24)(H,20,21,22);1-3,5-6,10,12-13H,4,7-9H2,(H,21,22)(H,18,19,20)/t2*12?,13-/m11/s1. The van der Waals surface area contributed by atoms with Gasteiger partial charge in [-0.2, -0.15) is 5.26 Å². The molecule has 13 heteroatoms. The fourth-order valence-electron chi connectivity index (χ4n) is 6.03. The second kappa shape index (κ2) is 16.3. The molecule has 0 bridgehead atoms. The van der Waals surface area contributed by atoms with Crippen molar-refractivity contribution >= 4 is 56.7 Å². The average molecular weight is 686 g/mol. The first-order valence-corrected chi connectivity index (χ1v) is 17.5. The van der Waals surface area contributed by atoms with Crippen molar-refractivity contribution in [2.45, 2.75) is 51.4 Å². The van der Waals surface area contributed by atoms with Gasteiger partial charge in [0, 0.05) is 28.3 Å². The lowest BCUT2D eigenvalue weighted by molar-refractivity contribution is -0.145. The van der Waals surface area contributed by atoms with Gasteiger partial charge in [-0.05, 0) is 38.5 Å². The van der Waals surface area contributed by atoms with Crippen LogP contribution in [0.2, 0.25) is 0 Å². The second-order valence-electron chi connectivity index (χ2n) is 11.9. The van der Waals surface area contributed by atoms with Crippen LogP contribution in [0.3, 0.4) is 0 Å². The Hall–Kier alpha value is -4.93. The van der Waals surface area contributed by atoms with Crippen molar-refractivity contribution in [2.75, 3.05) is 10.6 Å². The van der Waals surface area contributed by atoms with Crippen molar-refractivity contribution in [1.29, 1.82) is 5.26 Å². The van der Waals surface area contributed by atoms with Gasteiger partial charge in [0.1, 0.15) is 16.6 Å². The van der Waals surface area contributed by atoms with Crippen molar-refractivity contribution in [3.05, 3.63) is 70.9 Å². The van der Waals surface area contributed by atoms with Gasteiger partial charge in [0.05, 0.1) is 17.5 Å². The van der Waals surface area contributed by atoms with Crippen LogP contribution in [0.25, 0.3) is 22.5 Å². The molecule has 4 atom stereocenters. The number of nitrogens with zero attached hydrogens (tertiary/aromatic N) is 3. The summed E-state index contributed by atoms with van der Waals surface area (Å²) >= 11 is 2.52. The first kappa shape index (κ1) is 34.4. The summed E-state index contributed by atoms with van der Waals surface area (Å²) in [6.07, 6.45) is 4.97. The van der Waals surface area contributed by atoms with Gasteiger partial charge < -0.3 is 20.8 Å². The van der Waals surface area contributed by atoms with Gasteiger partial charge in [0.25, 0.3) is 0 Å². The molecule has 0 spiro atoms. The van der Waals surface area contributed by atoms with Crippen LogP contribution >= 0.6 is 22.7 Å². The number of thiazole rings is 2. The number of nitriles is 1. The maximum absolute atomic E-state index is 12.5. The molecule has 4 aromatic rings. The number of carbonyl (C=O) groups is 4. The van der Waals surface area contributed by atoms with E-state index in [1.165, 1.54) is 11.3 Å². The second-order valence-corrected chi connectivity index (χ2v) is 13.7. The number of aliphatic carboxylic acids is 2.